The van der Waals surface area contributed by atoms with Gasteiger partial charge in [-0.25, -0.2) is 24.3 Å². The molecule has 0 atom stereocenters. The van der Waals surface area contributed by atoms with Gasteiger partial charge in [0.25, 0.3) is 17.4 Å². The van der Waals surface area contributed by atoms with E-state index in [2.05, 4.69) is 15.0 Å². The van der Waals surface area contributed by atoms with E-state index < -0.39 is 52.4 Å². The van der Waals surface area contributed by atoms with E-state index in [0.29, 0.717) is 9.40 Å². The van der Waals surface area contributed by atoms with Crippen molar-refractivity contribution in [3.05, 3.63) is 74.6 Å². The molecule has 6 aromatic rings. The van der Waals surface area contributed by atoms with Crippen LogP contribution in [-0.2, 0) is 12.4 Å². The highest BCUT2D eigenvalue weighted by Crippen LogP contribution is 2.41. The lowest BCUT2D eigenvalue weighted by Gasteiger charge is -2.26. The molecule has 1 aliphatic heterocycles. The van der Waals surface area contributed by atoms with Gasteiger partial charge in [0.2, 0.25) is 0 Å². The van der Waals surface area contributed by atoms with Gasteiger partial charge in [0.1, 0.15) is 5.00 Å². The quantitative estimate of drug-likeness (QED) is 0.201. The number of imide groups is 1. The summed E-state index contributed by atoms with van der Waals surface area (Å²) in [5.74, 6) is -1.31. The molecule has 7 rings (SSSR count). The van der Waals surface area contributed by atoms with Crippen molar-refractivity contribution in [3.63, 3.8) is 0 Å². The predicted octanol–water partition coefficient (Wildman–Crippen LogP) is 5.28. The van der Waals surface area contributed by atoms with Crippen LogP contribution >= 0.6 is 11.3 Å². The molecule has 0 spiro atoms. The standard InChI is InChI=1S/C24H7F6N5O3S/c25-23(26,27)15-16(24(28,29)30)32-19-17(31-15)33-18-8-3-4-10-14-11(6-5-9(13(8)14)22(38)35(18)19)21(37)34(20(10)36)12-2-1-7-39-12/h1-7H. The number of alkyl halides is 6. The van der Waals surface area contributed by atoms with Crippen LogP contribution in [0.1, 0.15) is 32.1 Å². The summed E-state index contributed by atoms with van der Waals surface area (Å²) in [7, 11) is 0. The normalized spacial score (nSPS) is 14.6. The number of anilines is 1. The summed E-state index contributed by atoms with van der Waals surface area (Å²) in [5, 5.41) is 2.32. The van der Waals surface area contributed by atoms with E-state index in [-0.39, 0.29) is 38.3 Å². The lowest BCUT2D eigenvalue weighted by molar-refractivity contribution is -0.167. The SMILES string of the molecule is O=C1c2ccc3c(=O)n4c5nc(C(F)(F)F)c(C(F)(F)F)nc5nc4c4ccc(c2c34)C(=O)N1c1cccs1. The largest absolute Gasteiger partial charge is 0.435 e. The van der Waals surface area contributed by atoms with E-state index in [0.717, 1.165) is 16.2 Å². The van der Waals surface area contributed by atoms with Crippen molar-refractivity contribution in [2.75, 3.05) is 4.90 Å². The fourth-order valence-corrected chi connectivity index (χ4v) is 5.65. The van der Waals surface area contributed by atoms with Gasteiger partial charge in [-0.2, -0.15) is 26.3 Å². The molecule has 0 aliphatic carbocycles. The number of fused-ring (bicyclic) bond motifs is 4. The molecule has 0 unspecified atom stereocenters. The number of hydrogen-bond donors (Lipinski definition) is 0. The van der Waals surface area contributed by atoms with Crippen LogP contribution < -0.4 is 10.5 Å². The lowest BCUT2D eigenvalue weighted by atomic mass is 9.90. The summed E-state index contributed by atoms with van der Waals surface area (Å²) in [4.78, 5) is 51.4. The van der Waals surface area contributed by atoms with Gasteiger partial charge in [0.05, 0.1) is 0 Å². The van der Waals surface area contributed by atoms with E-state index in [1.165, 1.54) is 24.3 Å². The number of thiophene rings is 1. The smallest absolute Gasteiger partial charge is 0.268 e. The topological polar surface area (TPSA) is 97.5 Å². The molecule has 39 heavy (non-hydrogen) atoms. The fraction of sp³-hybridized carbons (Fsp3) is 0.0833. The Labute approximate surface area is 214 Å². The van der Waals surface area contributed by atoms with E-state index >= 15 is 0 Å². The fourth-order valence-electron chi connectivity index (χ4n) is 4.93. The summed E-state index contributed by atoms with van der Waals surface area (Å²) in [6.45, 7) is 0. The van der Waals surface area contributed by atoms with Crippen LogP contribution in [0.15, 0.2) is 46.6 Å². The summed E-state index contributed by atoms with van der Waals surface area (Å²) in [6.07, 6.45) is -11.0. The van der Waals surface area contributed by atoms with Crippen molar-refractivity contribution in [2.45, 2.75) is 12.4 Å². The molecule has 1 aliphatic rings. The van der Waals surface area contributed by atoms with Crippen molar-refractivity contribution in [1.82, 2.24) is 19.4 Å². The summed E-state index contributed by atoms with van der Waals surface area (Å²) >= 11 is 1.16. The summed E-state index contributed by atoms with van der Waals surface area (Å²) in [6, 6.07) is 8.57. The van der Waals surface area contributed by atoms with Crippen LogP contribution in [0.2, 0.25) is 0 Å². The highest BCUT2D eigenvalue weighted by Gasteiger charge is 2.47. The molecule has 0 saturated carbocycles. The Morgan fingerprint density at radius 2 is 1.31 bits per heavy atom. The minimum absolute atomic E-state index is 0.0888. The maximum absolute atomic E-state index is 13.5. The molecule has 15 heteroatoms. The second kappa shape index (κ2) is 7.25. The Morgan fingerprint density at radius 3 is 1.90 bits per heavy atom. The average molecular weight is 559 g/mol. The average Bonchev–Trinajstić information content (AvgIpc) is 3.52. The monoisotopic (exact) mass is 559 g/mol. The number of rotatable bonds is 1. The van der Waals surface area contributed by atoms with Gasteiger partial charge in [-0.15, -0.1) is 11.3 Å². The predicted molar refractivity (Wildman–Crippen MR) is 126 cm³/mol. The van der Waals surface area contributed by atoms with Gasteiger partial charge in [-0.1, -0.05) is 0 Å². The minimum Gasteiger partial charge on any atom is -0.268 e. The highest BCUT2D eigenvalue weighted by atomic mass is 32.1. The number of nitrogens with zero attached hydrogens (tertiary/aromatic N) is 5. The number of carbonyl (C=O) groups is 2. The Kier molecular flexibility index (Phi) is 4.36. The maximum Gasteiger partial charge on any atom is 0.435 e. The molecular weight excluding hydrogens is 552 g/mol. The molecular formula is C24H7F6N5O3S. The third kappa shape index (κ3) is 3.01. The number of halogens is 6. The van der Waals surface area contributed by atoms with E-state index in [1.54, 1.807) is 17.5 Å². The summed E-state index contributed by atoms with van der Waals surface area (Å²) < 4.78 is 81.5. The van der Waals surface area contributed by atoms with Gasteiger partial charge >= 0.3 is 12.4 Å². The zero-order valence-electron chi connectivity index (χ0n) is 18.7. The minimum atomic E-state index is -5.53. The molecule has 0 N–H and O–H groups in total. The number of imidazole rings is 1. The Balaban J connectivity index is 1.61. The number of pyridine rings is 1. The lowest BCUT2D eigenvalue weighted by Crippen LogP contribution is -2.40. The van der Waals surface area contributed by atoms with E-state index in [1.807, 2.05) is 0 Å². The Hall–Kier alpha value is -4.66. The van der Waals surface area contributed by atoms with Gasteiger partial charge in [-0.3, -0.25) is 14.4 Å². The van der Waals surface area contributed by atoms with Crippen LogP contribution in [-0.4, -0.2) is 31.2 Å². The first-order chi connectivity index (χ1) is 18.4. The van der Waals surface area contributed by atoms with Crippen LogP contribution in [0.5, 0.6) is 0 Å². The molecule has 2 amide bonds. The molecule has 2 aromatic carbocycles. The second-order valence-corrected chi connectivity index (χ2v) is 9.53. The van der Waals surface area contributed by atoms with Gasteiger partial charge in [0, 0.05) is 32.7 Å². The van der Waals surface area contributed by atoms with Gasteiger partial charge in [0.15, 0.2) is 28.3 Å². The third-order valence-electron chi connectivity index (χ3n) is 6.46. The number of amides is 2. The first-order valence-electron chi connectivity index (χ1n) is 10.9. The van der Waals surface area contributed by atoms with Crippen molar-refractivity contribution in [2.24, 2.45) is 0 Å². The molecule has 5 heterocycles. The molecule has 4 aromatic heterocycles. The number of carbonyl (C=O) groups excluding carboxylic acids is 2. The Morgan fingerprint density at radius 1 is 0.692 bits per heavy atom. The molecule has 0 bridgehead atoms. The number of aromatic nitrogens is 4. The molecule has 194 valence electrons. The first kappa shape index (κ1) is 23.5. The number of hydrogen-bond acceptors (Lipinski definition) is 7. The van der Waals surface area contributed by atoms with Crippen molar-refractivity contribution < 1.29 is 35.9 Å². The Bertz CT molecular complexity index is 2100. The zero-order valence-corrected chi connectivity index (χ0v) is 19.5. The molecule has 0 fully saturated rings. The molecule has 0 radical (unpaired) electrons. The second-order valence-electron chi connectivity index (χ2n) is 8.61. The third-order valence-corrected chi connectivity index (χ3v) is 7.31. The summed E-state index contributed by atoms with van der Waals surface area (Å²) in [5.41, 5.74) is -7.33. The van der Waals surface area contributed by atoms with Crippen molar-refractivity contribution in [3.8, 4) is 0 Å². The molecule has 0 saturated heterocycles. The van der Waals surface area contributed by atoms with E-state index in [9.17, 15) is 40.7 Å². The maximum atomic E-state index is 13.5. The molecule has 8 nitrogen and oxygen atoms in total. The van der Waals surface area contributed by atoms with Gasteiger partial charge < -0.3 is 0 Å². The van der Waals surface area contributed by atoms with E-state index in [4.69, 9.17) is 0 Å². The number of benzene rings is 2. The van der Waals surface area contributed by atoms with Gasteiger partial charge in [-0.05, 0) is 41.8 Å². The zero-order chi connectivity index (χ0) is 27.6. The first-order valence-corrected chi connectivity index (χ1v) is 11.8. The van der Waals surface area contributed by atoms with Crippen LogP contribution in [0.4, 0.5) is 31.3 Å². The van der Waals surface area contributed by atoms with Crippen LogP contribution in [0.3, 0.4) is 0 Å². The van der Waals surface area contributed by atoms with Crippen molar-refractivity contribution >= 4 is 66.6 Å². The van der Waals surface area contributed by atoms with Crippen molar-refractivity contribution in [1.29, 1.82) is 0 Å². The van der Waals surface area contributed by atoms with Crippen LogP contribution in [0, 0.1) is 0 Å². The highest BCUT2D eigenvalue weighted by molar-refractivity contribution is 7.14. The van der Waals surface area contributed by atoms with Crippen LogP contribution in [0.25, 0.3) is 38.5 Å².